The summed E-state index contributed by atoms with van der Waals surface area (Å²) in [4.78, 5) is 12.1. The van der Waals surface area contributed by atoms with Gasteiger partial charge in [-0.15, -0.1) is 0 Å². The summed E-state index contributed by atoms with van der Waals surface area (Å²) in [5, 5.41) is 12.6. The van der Waals surface area contributed by atoms with Gasteiger partial charge < -0.3 is 15.2 Å². The highest BCUT2D eigenvalue weighted by Gasteiger charge is 2.45. The Bertz CT molecular complexity index is 464. The fourth-order valence-electron chi connectivity index (χ4n) is 2.66. The molecule has 1 aliphatic carbocycles. The van der Waals surface area contributed by atoms with E-state index in [2.05, 4.69) is 5.32 Å². The lowest BCUT2D eigenvalue weighted by atomic mass is 9.83. The lowest BCUT2D eigenvalue weighted by Gasteiger charge is -2.39. The largest absolute Gasteiger partial charge is 0.504 e. The Kier molecular flexibility index (Phi) is 2.24. The predicted molar refractivity (Wildman–Crippen MR) is 63.2 cm³/mol. The highest BCUT2D eigenvalue weighted by atomic mass is 16.5. The number of aromatic hydroxyl groups is 1. The minimum absolute atomic E-state index is 0.0738. The van der Waals surface area contributed by atoms with Crippen LogP contribution in [0.25, 0.3) is 0 Å². The van der Waals surface area contributed by atoms with Crippen LogP contribution in [0.15, 0.2) is 18.2 Å². The van der Waals surface area contributed by atoms with Gasteiger partial charge in [-0.1, -0.05) is 12.5 Å². The zero-order valence-corrected chi connectivity index (χ0v) is 9.53. The lowest BCUT2D eigenvalue weighted by molar-refractivity contribution is -0.135. The van der Waals surface area contributed by atoms with E-state index in [9.17, 15) is 9.90 Å². The van der Waals surface area contributed by atoms with Crippen molar-refractivity contribution in [3.8, 4) is 11.5 Å². The average Bonchev–Trinajstić information content (AvgIpc) is 2.34. The van der Waals surface area contributed by atoms with Crippen molar-refractivity contribution in [2.75, 3.05) is 5.32 Å². The third-order valence-corrected chi connectivity index (χ3v) is 3.61. The van der Waals surface area contributed by atoms with Crippen molar-refractivity contribution in [2.24, 2.45) is 0 Å². The summed E-state index contributed by atoms with van der Waals surface area (Å²) in [6, 6.07) is 5.01. The maximum atomic E-state index is 12.1. The molecule has 1 aliphatic heterocycles. The molecule has 17 heavy (non-hydrogen) atoms. The fraction of sp³-hybridized carbons (Fsp3) is 0.462. The summed E-state index contributed by atoms with van der Waals surface area (Å²) in [6.45, 7) is 0. The van der Waals surface area contributed by atoms with Crippen molar-refractivity contribution in [1.82, 2.24) is 0 Å². The molecule has 90 valence electrons. The quantitative estimate of drug-likeness (QED) is 0.723. The Balaban J connectivity index is 2.01. The van der Waals surface area contributed by atoms with Gasteiger partial charge in [0.2, 0.25) is 0 Å². The molecule has 4 nitrogen and oxygen atoms in total. The highest BCUT2D eigenvalue weighted by Crippen LogP contribution is 2.44. The van der Waals surface area contributed by atoms with Gasteiger partial charge in [-0.25, -0.2) is 0 Å². The van der Waals surface area contributed by atoms with Crippen LogP contribution in [0.1, 0.15) is 32.1 Å². The van der Waals surface area contributed by atoms with E-state index < -0.39 is 5.60 Å². The predicted octanol–water partition coefficient (Wildman–Crippen LogP) is 2.43. The minimum Gasteiger partial charge on any atom is -0.504 e. The van der Waals surface area contributed by atoms with Crippen LogP contribution in [-0.4, -0.2) is 16.6 Å². The van der Waals surface area contributed by atoms with Gasteiger partial charge in [0, 0.05) is 0 Å². The van der Waals surface area contributed by atoms with Crippen LogP contribution >= 0.6 is 0 Å². The Hall–Kier alpha value is -1.71. The third-order valence-electron chi connectivity index (χ3n) is 3.61. The first-order valence-electron chi connectivity index (χ1n) is 6.04. The molecule has 0 unspecified atom stereocenters. The molecule has 0 saturated heterocycles. The number of hydrogen-bond donors (Lipinski definition) is 2. The summed E-state index contributed by atoms with van der Waals surface area (Å²) in [7, 11) is 0. The third kappa shape index (κ3) is 1.55. The number of para-hydroxylation sites is 1. The first-order valence-corrected chi connectivity index (χ1v) is 6.04. The van der Waals surface area contributed by atoms with Crippen LogP contribution in [0.5, 0.6) is 11.5 Å². The van der Waals surface area contributed by atoms with Crippen molar-refractivity contribution >= 4 is 11.6 Å². The summed E-state index contributed by atoms with van der Waals surface area (Å²) in [5.74, 6) is 0.428. The van der Waals surface area contributed by atoms with E-state index in [1.54, 1.807) is 18.2 Å². The summed E-state index contributed by atoms with van der Waals surface area (Å²) in [5.41, 5.74) is -0.199. The first kappa shape index (κ1) is 10.4. The summed E-state index contributed by atoms with van der Waals surface area (Å²) >= 11 is 0. The molecule has 4 heteroatoms. The molecule has 1 aromatic carbocycles. The Labute approximate surface area is 99.6 Å². The van der Waals surface area contributed by atoms with Crippen molar-refractivity contribution in [1.29, 1.82) is 0 Å². The Morgan fingerprint density at radius 1 is 1.24 bits per heavy atom. The molecule has 0 bridgehead atoms. The van der Waals surface area contributed by atoms with E-state index in [-0.39, 0.29) is 11.7 Å². The number of amides is 1. The number of carbonyl (C=O) groups excluding carboxylic acids is 1. The highest BCUT2D eigenvalue weighted by molar-refractivity contribution is 6.01. The minimum atomic E-state index is -0.760. The number of carbonyl (C=O) groups is 1. The Morgan fingerprint density at radius 2 is 2.00 bits per heavy atom. The normalized spacial score (nSPS) is 21.5. The topological polar surface area (TPSA) is 58.6 Å². The number of benzene rings is 1. The van der Waals surface area contributed by atoms with E-state index in [0.717, 1.165) is 32.1 Å². The molecule has 1 heterocycles. The zero-order chi connectivity index (χ0) is 11.9. The molecule has 1 spiro atoms. The van der Waals surface area contributed by atoms with Gasteiger partial charge in [-0.3, -0.25) is 4.79 Å². The van der Waals surface area contributed by atoms with Crippen molar-refractivity contribution in [3.63, 3.8) is 0 Å². The van der Waals surface area contributed by atoms with Crippen LogP contribution < -0.4 is 10.1 Å². The lowest BCUT2D eigenvalue weighted by Crippen LogP contribution is -2.51. The van der Waals surface area contributed by atoms with Gasteiger partial charge in [0.1, 0.15) is 0 Å². The molecular formula is C13H15NO3. The molecule has 2 aliphatic rings. The number of phenolic OH excluding ortho intramolecular Hbond substituents is 1. The smallest absolute Gasteiger partial charge is 0.268 e. The van der Waals surface area contributed by atoms with Gasteiger partial charge in [0.05, 0.1) is 5.69 Å². The van der Waals surface area contributed by atoms with Gasteiger partial charge in [0.25, 0.3) is 5.91 Å². The van der Waals surface area contributed by atoms with Crippen molar-refractivity contribution in [2.45, 2.75) is 37.7 Å². The van der Waals surface area contributed by atoms with Gasteiger partial charge in [0.15, 0.2) is 17.1 Å². The SMILES string of the molecule is O=C1Nc2cccc(O)c2OC12CCCCC2. The number of anilines is 1. The molecule has 1 amide bonds. The van der Waals surface area contributed by atoms with Crippen molar-refractivity contribution in [3.05, 3.63) is 18.2 Å². The number of fused-ring (bicyclic) bond motifs is 1. The van der Waals surface area contributed by atoms with Gasteiger partial charge >= 0.3 is 0 Å². The number of hydrogen-bond acceptors (Lipinski definition) is 3. The monoisotopic (exact) mass is 233 g/mol. The molecule has 1 fully saturated rings. The molecule has 0 radical (unpaired) electrons. The van der Waals surface area contributed by atoms with E-state index in [0.29, 0.717) is 11.4 Å². The summed E-state index contributed by atoms with van der Waals surface area (Å²) < 4.78 is 5.84. The van der Waals surface area contributed by atoms with Crippen LogP contribution in [0.2, 0.25) is 0 Å². The maximum absolute atomic E-state index is 12.1. The maximum Gasteiger partial charge on any atom is 0.268 e. The van der Waals surface area contributed by atoms with Crippen LogP contribution in [0.3, 0.4) is 0 Å². The van der Waals surface area contributed by atoms with Crippen LogP contribution in [-0.2, 0) is 4.79 Å². The molecule has 1 aromatic rings. The zero-order valence-electron chi connectivity index (χ0n) is 9.53. The second kappa shape index (κ2) is 3.65. The molecule has 2 N–H and O–H groups in total. The van der Waals surface area contributed by atoms with E-state index in [1.165, 1.54) is 0 Å². The standard InChI is InChI=1S/C13H15NO3/c15-10-6-4-5-9-11(10)17-13(12(16)14-9)7-2-1-3-8-13/h4-6,15H,1-3,7-8H2,(H,14,16). The first-order chi connectivity index (χ1) is 8.21. The second-order valence-corrected chi connectivity index (χ2v) is 4.76. The Morgan fingerprint density at radius 3 is 2.76 bits per heavy atom. The number of nitrogens with one attached hydrogen (secondary N) is 1. The number of phenols is 1. The van der Waals surface area contributed by atoms with Gasteiger partial charge in [-0.05, 0) is 37.8 Å². The molecule has 0 aromatic heterocycles. The van der Waals surface area contributed by atoms with E-state index >= 15 is 0 Å². The van der Waals surface area contributed by atoms with E-state index in [1.807, 2.05) is 0 Å². The molecule has 3 rings (SSSR count). The summed E-state index contributed by atoms with van der Waals surface area (Å²) in [6.07, 6.45) is 4.60. The second-order valence-electron chi connectivity index (χ2n) is 4.76. The molecular weight excluding hydrogens is 218 g/mol. The molecule has 1 saturated carbocycles. The number of ether oxygens (including phenoxy) is 1. The van der Waals surface area contributed by atoms with Crippen LogP contribution in [0.4, 0.5) is 5.69 Å². The van der Waals surface area contributed by atoms with Gasteiger partial charge in [-0.2, -0.15) is 0 Å². The molecule has 0 atom stereocenters. The fourth-order valence-corrected chi connectivity index (χ4v) is 2.66. The van der Waals surface area contributed by atoms with Crippen molar-refractivity contribution < 1.29 is 14.6 Å². The average molecular weight is 233 g/mol. The number of rotatable bonds is 0. The van der Waals surface area contributed by atoms with E-state index in [4.69, 9.17) is 4.74 Å². The van der Waals surface area contributed by atoms with Crippen LogP contribution in [0, 0.1) is 0 Å².